The van der Waals surface area contributed by atoms with E-state index in [0.29, 0.717) is 34.1 Å². The van der Waals surface area contributed by atoms with Crippen molar-refractivity contribution in [2.24, 2.45) is 0 Å². The first kappa shape index (κ1) is 18.2. The molecule has 2 aromatic carbocycles. The molecule has 0 radical (unpaired) electrons. The van der Waals surface area contributed by atoms with Crippen molar-refractivity contribution in [3.8, 4) is 22.9 Å². The number of carbonyl (C=O) groups excluding carboxylic acids is 1. The number of carbonyl (C=O) groups is 1. The SMILES string of the molecule is COc1ccc(-c2noc(COC(=O)c3cccc(C)c3N)n2)c(OC)c1. The van der Waals surface area contributed by atoms with Crippen molar-refractivity contribution < 1.29 is 23.5 Å². The normalized spacial score (nSPS) is 10.5. The van der Waals surface area contributed by atoms with E-state index in [9.17, 15) is 4.79 Å². The number of methoxy groups -OCH3 is 2. The summed E-state index contributed by atoms with van der Waals surface area (Å²) in [6.07, 6.45) is 0. The van der Waals surface area contributed by atoms with E-state index in [2.05, 4.69) is 10.1 Å². The lowest BCUT2D eigenvalue weighted by atomic mass is 10.1. The van der Waals surface area contributed by atoms with E-state index in [0.717, 1.165) is 5.56 Å². The maximum atomic E-state index is 12.2. The summed E-state index contributed by atoms with van der Waals surface area (Å²) in [5.41, 5.74) is 8.02. The van der Waals surface area contributed by atoms with Crippen LogP contribution < -0.4 is 15.2 Å². The van der Waals surface area contributed by atoms with Gasteiger partial charge < -0.3 is 24.5 Å². The summed E-state index contributed by atoms with van der Waals surface area (Å²) in [6.45, 7) is 1.65. The van der Waals surface area contributed by atoms with E-state index in [1.807, 2.05) is 13.0 Å². The molecule has 0 atom stereocenters. The van der Waals surface area contributed by atoms with Crippen LogP contribution in [0.2, 0.25) is 0 Å². The third-order valence-electron chi connectivity index (χ3n) is 3.99. The number of anilines is 1. The molecular weight excluding hydrogens is 350 g/mol. The van der Waals surface area contributed by atoms with E-state index < -0.39 is 5.97 Å². The molecule has 1 aromatic heterocycles. The van der Waals surface area contributed by atoms with Crippen molar-refractivity contribution in [2.75, 3.05) is 20.0 Å². The van der Waals surface area contributed by atoms with E-state index in [1.54, 1.807) is 37.4 Å². The summed E-state index contributed by atoms with van der Waals surface area (Å²) >= 11 is 0. The van der Waals surface area contributed by atoms with Crippen LogP contribution in [0.25, 0.3) is 11.4 Å². The van der Waals surface area contributed by atoms with Crippen LogP contribution in [0.15, 0.2) is 40.9 Å². The Morgan fingerprint density at radius 1 is 1.19 bits per heavy atom. The third kappa shape index (κ3) is 3.84. The van der Waals surface area contributed by atoms with Gasteiger partial charge in [-0.15, -0.1) is 0 Å². The van der Waals surface area contributed by atoms with Crippen LogP contribution in [0.1, 0.15) is 21.8 Å². The van der Waals surface area contributed by atoms with Gasteiger partial charge in [0.25, 0.3) is 5.89 Å². The van der Waals surface area contributed by atoms with Gasteiger partial charge in [-0.1, -0.05) is 17.3 Å². The highest BCUT2D eigenvalue weighted by Crippen LogP contribution is 2.31. The number of nitrogens with two attached hydrogens (primary N) is 1. The summed E-state index contributed by atoms with van der Waals surface area (Å²) in [5, 5.41) is 3.91. The summed E-state index contributed by atoms with van der Waals surface area (Å²) in [4.78, 5) is 16.5. The molecule has 0 saturated carbocycles. The molecule has 0 aliphatic carbocycles. The van der Waals surface area contributed by atoms with Crippen LogP contribution in [0, 0.1) is 6.92 Å². The number of nitrogen functional groups attached to an aromatic ring is 1. The number of aromatic nitrogens is 2. The van der Waals surface area contributed by atoms with Crippen molar-refractivity contribution in [1.29, 1.82) is 0 Å². The first-order valence-corrected chi connectivity index (χ1v) is 8.10. The highest BCUT2D eigenvalue weighted by molar-refractivity contribution is 5.95. The quantitative estimate of drug-likeness (QED) is 0.521. The van der Waals surface area contributed by atoms with Gasteiger partial charge in [0, 0.05) is 11.8 Å². The molecule has 1 heterocycles. The molecule has 140 valence electrons. The maximum Gasteiger partial charge on any atom is 0.340 e. The first-order valence-electron chi connectivity index (χ1n) is 8.10. The molecule has 0 fully saturated rings. The zero-order valence-electron chi connectivity index (χ0n) is 15.2. The Balaban J connectivity index is 1.73. The Kier molecular flexibility index (Phi) is 5.25. The van der Waals surface area contributed by atoms with E-state index >= 15 is 0 Å². The molecule has 0 spiro atoms. The predicted octanol–water partition coefficient (Wildman–Crippen LogP) is 3.00. The summed E-state index contributed by atoms with van der Waals surface area (Å²) < 4.78 is 20.9. The molecule has 3 aromatic rings. The molecule has 0 aliphatic heterocycles. The average molecular weight is 369 g/mol. The summed E-state index contributed by atoms with van der Waals surface area (Å²) in [6, 6.07) is 10.4. The molecule has 0 bridgehead atoms. The van der Waals surface area contributed by atoms with Crippen LogP contribution >= 0.6 is 0 Å². The van der Waals surface area contributed by atoms with Crippen LogP contribution in [-0.2, 0) is 11.3 Å². The van der Waals surface area contributed by atoms with Gasteiger partial charge >= 0.3 is 5.97 Å². The Morgan fingerprint density at radius 2 is 2.00 bits per heavy atom. The van der Waals surface area contributed by atoms with E-state index in [-0.39, 0.29) is 12.5 Å². The molecular formula is C19H19N3O5. The Labute approximate surface area is 155 Å². The van der Waals surface area contributed by atoms with Gasteiger partial charge in [0.2, 0.25) is 5.82 Å². The monoisotopic (exact) mass is 369 g/mol. The number of aryl methyl sites for hydroxylation is 1. The van der Waals surface area contributed by atoms with Gasteiger partial charge in [-0.25, -0.2) is 4.79 Å². The lowest BCUT2D eigenvalue weighted by Gasteiger charge is -2.07. The van der Waals surface area contributed by atoms with Crippen LogP contribution in [-0.4, -0.2) is 30.3 Å². The van der Waals surface area contributed by atoms with Gasteiger partial charge in [0.05, 0.1) is 25.3 Å². The minimum Gasteiger partial charge on any atom is -0.497 e. The topological polar surface area (TPSA) is 110 Å². The molecule has 2 N–H and O–H groups in total. The Bertz CT molecular complexity index is 968. The molecule has 0 amide bonds. The van der Waals surface area contributed by atoms with Crippen molar-refractivity contribution in [3.63, 3.8) is 0 Å². The van der Waals surface area contributed by atoms with Gasteiger partial charge in [0.15, 0.2) is 6.61 Å². The van der Waals surface area contributed by atoms with Crippen molar-refractivity contribution >= 4 is 11.7 Å². The molecule has 27 heavy (non-hydrogen) atoms. The minimum absolute atomic E-state index is 0.155. The number of nitrogens with zero attached hydrogens (tertiary/aromatic N) is 2. The minimum atomic E-state index is -0.557. The zero-order valence-corrected chi connectivity index (χ0v) is 15.2. The standard InChI is InChI=1S/C19H19N3O5/c1-11-5-4-6-14(17(11)20)19(23)26-10-16-21-18(22-27-16)13-8-7-12(24-2)9-15(13)25-3/h4-9H,10,20H2,1-3H3. The molecule has 8 heteroatoms. The second kappa shape index (κ2) is 7.77. The van der Waals surface area contributed by atoms with Crippen molar-refractivity contribution in [2.45, 2.75) is 13.5 Å². The molecule has 0 saturated heterocycles. The fourth-order valence-corrected chi connectivity index (χ4v) is 2.47. The summed E-state index contributed by atoms with van der Waals surface area (Å²) in [5.74, 6) is 1.09. The predicted molar refractivity (Wildman–Crippen MR) is 97.5 cm³/mol. The largest absolute Gasteiger partial charge is 0.497 e. The Hall–Kier alpha value is -3.55. The van der Waals surface area contributed by atoms with Gasteiger partial charge in [-0.2, -0.15) is 4.98 Å². The lowest BCUT2D eigenvalue weighted by molar-refractivity contribution is 0.0431. The second-order valence-electron chi connectivity index (χ2n) is 5.69. The number of esters is 1. The van der Waals surface area contributed by atoms with Crippen LogP contribution in [0.3, 0.4) is 0 Å². The van der Waals surface area contributed by atoms with Gasteiger partial charge in [-0.3, -0.25) is 0 Å². The number of para-hydroxylation sites is 1. The lowest BCUT2D eigenvalue weighted by Crippen LogP contribution is -2.09. The second-order valence-corrected chi connectivity index (χ2v) is 5.69. The van der Waals surface area contributed by atoms with Gasteiger partial charge in [0.1, 0.15) is 11.5 Å². The van der Waals surface area contributed by atoms with Gasteiger partial charge in [-0.05, 0) is 30.7 Å². The smallest absolute Gasteiger partial charge is 0.340 e. The molecule has 3 rings (SSSR count). The number of rotatable bonds is 6. The molecule has 0 unspecified atom stereocenters. The summed E-state index contributed by atoms with van der Waals surface area (Å²) in [7, 11) is 3.10. The number of benzene rings is 2. The molecule has 8 nitrogen and oxygen atoms in total. The van der Waals surface area contributed by atoms with Crippen molar-refractivity contribution in [1.82, 2.24) is 10.1 Å². The maximum absolute atomic E-state index is 12.2. The first-order chi connectivity index (χ1) is 13.0. The highest BCUT2D eigenvalue weighted by Gasteiger charge is 2.17. The fraction of sp³-hybridized carbons (Fsp3) is 0.211. The molecule has 0 aliphatic rings. The average Bonchev–Trinajstić information content (AvgIpc) is 3.16. The Morgan fingerprint density at radius 3 is 2.74 bits per heavy atom. The van der Waals surface area contributed by atoms with Crippen LogP contribution in [0.4, 0.5) is 5.69 Å². The fourth-order valence-electron chi connectivity index (χ4n) is 2.47. The van der Waals surface area contributed by atoms with Crippen LogP contribution in [0.5, 0.6) is 11.5 Å². The zero-order chi connectivity index (χ0) is 19.4. The van der Waals surface area contributed by atoms with E-state index in [4.69, 9.17) is 24.5 Å². The van der Waals surface area contributed by atoms with Crippen molar-refractivity contribution in [3.05, 3.63) is 53.4 Å². The third-order valence-corrected chi connectivity index (χ3v) is 3.99. The number of ether oxygens (including phenoxy) is 3. The number of hydrogen-bond donors (Lipinski definition) is 1. The number of hydrogen-bond acceptors (Lipinski definition) is 8. The van der Waals surface area contributed by atoms with E-state index in [1.165, 1.54) is 7.11 Å². The highest BCUT2D eigenvalue weighted by atomic mass is 16.6.